The molecule has 4 heteroatoms. The second-order valence-corrected chi connectivity index (χ2v) is 4.46. The Hall–Kier alpha value is -0.960. The Morgan fingerprint density at radius 2 is 2.44 bits per heavy atom. The van der Waals surface area contributed by atoms with Crippen LogP contribution in [0.4, 0.5) is 5.82 Å². The summed E-state index contributed by atoms with van der Waals surface area (Å²) < 4.78 is 5.27. The second kappa shape index (κ2) is 5.39. The molecule has 3 nitrogen and oxygen atoms in total. The van der Waals surface area contributed by atoms with E-state index in [0.717, 1.165) is 18.0 Å². The highest BCUT2D eigenvalue weighted by Crippen LogP contribution is 2.31. The fraction of sp³-hybridized carbons (Fsp3) is 0.583. The molecule has 1 N–H and O–H groups in total. The quantitative estimate of drug-likeness (QED) is 0.822. The monoisotopic (exact) mass is 240 g/mol. The van der Waals surface area contributed by atoms with E-state index in [4.69, 9.17) is 16.3 Å². The molecule has 0 amide bonds. The predicted molar refractivity (Wildman–Crippen MR) is 66.3 cm³/mol. The zero-order valence-electron chi connectivity index (χ0n) is 9.45. The highest BCUT2D eigenvalue weighted by atomic mass is 35.5. The summed E-state index contributed by atoms with van der Waals surface area (Å²) >= 11 is 5.95. The van der Waals surface area contributed by atoms with Gasteiger partial charge in [-0.1, -0.05) is 6.42 Å². The first-order valence-electron chi connectivity index (χ1n) is 5.66. The van der Waals surface area contributed by atoms with Gasteiger partial charge in [0.05, 0.1) is 7.11 Å². The standard InChI is InChI=1S/C12H17ClN2O/c1-16-11-6-3-7-14-12(11)15-10-5-2-4-9(10)8-13/h3,6-7,9-10H,2,4-5,8H2,1H3,(H,14,15). The minimum atomic E-state index is 0.432. The summed E-state index contributed by atoms with van der Waals surface area (Å²) in [5.74, 6) is 2.88. The van der Waals surface area contributed by atoms with E-state index >= 15 is 0 Å². The molecule has 0 saturated heterocycles. The third-order valence-corrected chi connectivity index (χ3v) is 3.57. The number of hydrogen-bond acceptors (Lipinski definition) is 3. The molecule has 0 bridgehead atoms. The molecular weight excluding hydrogens is 224 g/mol. The van der Waals surface area contributed by atoms with Crippen molar-refractivity contribution in [3.05, 3.63) is 18.3 Å². The molecule has 88 valence electrons. The van der Waals surface area contributed by atoms with Gasteiger partial charge in [0.1, 0.15) is 0 Å². The fourth-order valence-electron chi connectivity index (χ4n) is 2.25. The number of nitrogens with one attached hydrogen (secondary N) is 1. The van der Waals surface area contributed by atoms with Crippen LogP contribution in [-0.2, 0) is 0 Å². The maximum Gasteiger partial charge on any atom is 0.168 e. The van der Waals surface area contributed by atoms with Gasteiger partial charge in [-0.15, -0.1) is 11.6 Å². The van der Waals surface area contributed by atoms with Gasteiger partial charge >= 0.3 is 0 Å². The van der Waals surface area contributed by atoms with Crippen LogP contribution in [0.15, 0.2) is 18.3 Å². The lowest BCUT2D eigenvalue weighted by Gasteiger charge is -2.20. The van der Waals surface area contributed by atoms with Crippen molar-refractivity contribution < 1.29 is 4.74 Å². The molecule has 1 saturated carbocycles. The van der Waals surface area contributed by atoms with Crippen LogP contribution in [0.1, 0.15) is 19.3 Å². The summed E-state index contributed by atoms with van der Waals surface area (Å²) in [4.78, 5) is 4.30. The van der Waals surface area contributed by atoms with Crippen LogP contribution in [0.3, 0.4) is 0 Å². The Bertz CT molecular complexity index is 346. The number of aromatic nitrogens is 1. The number of ether oxygens (including phenoxy) is 1. The number of halogens is 1. The molecule has 0 radical (unpaired) electrons. The Kier molecular flexibility index (Phi) is 3.88. The van der Waals surface area contributed by atoms with Crippen LogP contribution < -0.4 is 10.1 Å². The van der Waals surface area contributed by atoms with Crippen LogP contribution in [0.2, 0.25) is 0 Å². The SMILES string of the molecule is COc1cccnc1NC1CCCC1CCl. The van der Waals surface area contributed by atoms with E-state index in [-0.39, 0.29) is 0 Å². The Labute approximate surface area is 101 Å². The Morgan fingerprint density at radius 3 is 3.19 bits per heavy atom. The minimum absolute atomic E-state index is 0.432. The summed E-state index contributed by atoms with van der Waals surface area (Å²) in [5.41, 5.74) is 0. The van der Waals surface area contributed by atoms with Crippen LogP contribution in [-0.4, -0.2) is 24.0 Å². The minimum Gasteiger partial charge on any atom is -0.493 e. The van der Waals surface area contributed by atoms with Gasteiger partial charge in [0.15, 0.2) is 11.6 Å². The predicted octanol–water partition coefficient (Wildman–Crippen LogP) is 2.91. The smallest absolute Gasteiger partial charge is 0.168 e. The van der Waals surface area contributed by atoms with Gasteiger partial charge in [-0.05, 0) is 30.9 Å². The van der Waals surface area contributed by atoms with E-state index in [1.807, 2.05) is 12.1 Å². The lowest BCUT2D eigenvalue weighted by Crippen LogP contribution is -2.25. The first kappa shape index (κ1) is 11.5. The molecule has 1 aliphatic carbocycles. The van der Waals surface area contributed by atoms with Crippen molar-refractivity contribution in [2.45, 2.75) is 25.3 Å². The maximum atomic E-state index is 5.95. The highest BCUT2D eigenvalue weighted by molar-refractivity contribution is 6.18. The molecule has 2 unspecified atom stereocenters. The molecule has 2 rings (SSSR count). The van der Waals surface area contributed by atoms with Crippen molar-refractivity contribution in [3.63, 3.8) is 0 Å². The molecule has 1 heterocycles. The van der Waals surface area contributed by atoms with Crippen LogP contribution in [0.25, 0.3) is 0 Å². The number of nitrogens with zero attached hydrogens (tertiary/aromatic N) is 1. The highest BCUT2D eigenvalue weighted by Gasteiger charge is 2.27. The normalized spacial score (nSPS) is 24.4. The van der Waals surface area contributed by atoms with Crippen molar-refractivity contribution in [3.8, 4) is 5.75 Å². The van der Waals surface area contributed by atoms with Gasteiger partial charge in [0, 0.05) is 18.1 Å². The van der Waals surface area contributed by atoms with Gasteiger partial charge in [0.2, 0.25) is 0 Å². The van der Waals surface area contributed by atoms with Crippen molar-refractivity contribution in [1.82, 2.24) is 4.98 Å². The lowest BCUT2D eigenvalue weighted by atomic mass is 10.1. The second-order valence-electron chi connectivity index (χ2n) is 4.15. The van der Waals surface area contributed by atoms with E-state index in [9.17, 15) is 0 Å². The van der Waals surface area contributed by atoms with Crippen molar-refractivity contribution >= 4 is 17.4 Å². The van der Waals surface area contributed by atoms with Crippen LogP contribution >= 0.6 is 11.6 Å². The topological polar surface area (TPSA) is 34.1 Å². The molecule has 1 fully saturated rings. The third-order valence-electron chi connectivity index (χ3n) is 3.17. The molecule has 0 aliphatic heterocycles. The number of hydrogen-bond donors (Lipinski definition) is 1. The van der Waals surface area contributed by atoms with Crippen molar-refractivity contribution in [2.24, 2.45) is 5.92 Å². The Balaban J connectivity index is 2.08. The summed E-state index contributed by atoms with van der Waals surface area (Å²) in [7, 11) is 1.66. The molecule has 0 spiro atoms. The van der Waals surface area contributed by atoms with Gasteiger partial charge in [0.25, 0.3) is 0 Å². The zero-order valence-corrected chi connectivity index (χ0v) is 10.2. The van der Waals surface area contributed by atoms with E-state index in [1.165, 1.54) is 12.8 Å². The van der Waals surface area contributed by atoms with Gasteiger partial charge in [-0.25, -0.2) is 4.98 Å². The van der Waals surface area contributed by atoms with Crippen molar-refractivity contribution in [2.75, 3.05) is 18.3 Å². The lowest BCUT2D eigenvalue weighted by molar-refractivity contribution is 0.413. The van der Waals surface area contributed by atoms with E-state index in [1.54, 1.807) is 13.3 Å². The average molecular weight is 241 g/mol. The maximum absolute atomic E-state index is 5.95. The molecule has 1 aromatic heterocycles. The van der Waals surface area contributed by atoms with E-state index < -0.39 is 0 Å². The number of anilines is 1. The first-order valence-corrected chi connectivity index (χ1v) is 6.20. The number of alkyl halides is 1. The number of pyridine rings is 1. The first-order chi connectivity index (χ1) is 7.85. The molecule has 0 aromatic carbocycles. The summed E-state index contributed by atoms with van der Waals surface area (Å²) in [6.07, 6.45) is 5.38. The molecule has 2 atom stereocenters. The molecular formula is C12H17ClN2O. The summed E-state index contributed by atoms with van der Waals surface area (Å²) in [6, 6.07) is 4.22. The summed E-state index contributed by atoms with van der Waals surface area (Å²) in [5, 5.41) is 3.44. The van der Waals surface area contributed by atoms with Crippen molar-refractivity contribution in [1.29, 1.82) is 0 Å². The zero-order chi connectivity index (χ0) is 11.4. The number of methoxy groups -OCH3 is 1. The average Bonchev–Trinajstić information content (AvgIpc) is 2.77. The van der Waals surface area contributed by atoms with E-state index in [2.05, 4.69) is 10.3 Å². The fourth-order valence-corrected chi connectivity index (χ4v) is 2.62. The third kappa shape index (κ3) is 2.40. The molecule has 16 heavy (non-hydrogen) atoms. The van der Waals surface area contributed by atoms with Crippen LogP contribution in [0.5, 0.6) is 5.75 Å². The molecule has 1 aromatic rings. The van der Waals surface area contributed by atoms with Gasteiger partial charge in [-0.2, -0.15) is 0 Å². The summed E-state index contributed by atoms with van der Waals surface area (Å²) in [6.45, 7) is 0. The number of rotatable bonds is 4. The molecule has 1 aliphatic rings. The van der Waals surface area contributed by atoms with Gasteiger partial charge in [-0.3, -0.25) is 0 Å². The largest absolute Gasteiger partial charge is 0.493 e. The van der Waals surface area contributed by atoms with Gasteiger partial charge < -0.3 is 10.1 Å². The van der Waals surface area contributed by atoms with E-state index in [0.29, 0.717) is 17.8 Å². The Morgan fingerprint density at radius 1 is 1.56 bits per heavy atom. The van der Waals surface area contributed by atoms with Crippen LogP contribution in [0, 0.1) is 5.92 Å².